The van der Waals surface area contributed by atoms with Crippen LogP contribution in [0.15, 0.2) is 30.5 Å². The van der Waals surface area contributed by atoms with Gasteiger partial charge in [0.15, 0.2) is 0 Å². The van der Waals surface area contributed by atoms with Crippen molar-refractivity contribution in [2.24, 2.45) is 7.05 Å². The number of benzene rings is 1. The number of nitrogens with zero attached hydrogens (tertiary/aromatic N) is 1. The Balaban J connectivity index is 1.79. The van der Waals surface area contributed by atoms with Crippen molar-refractivity contribution in [2.45, 2.75) is 25.7 Å². The second kappa shape index (κ2) is 7.84. The topological polar surface area (TPSA) is 43.3 Å². The van der Waals surface area contributed by atoms with Gasteiger partial charge in [0, 0.05) is 50.8 Å². The van der Waals surface area contributed by atoms with Crippen molar-refractivity contribution in [3.63, 3.8) is 0 Å². The van der Waals surface area contributed by atoms with Gasteiger partial charge in [-0.05, 0) is 30.9 Å². The van der Waals surface area contributed by atoms with Gasteiger partial charge in [-0.2, -0.15) is 0 Å². The van der Waals surface area contributed by atoms with E-state index in [9.17, 15) is 4.79 Å². The first-order valence-corrected chi connectivity index (χ1v) is 7.51. The normalized spacial score (nSPS) is 11.0. The highest BCUT2D eigenvalue weighted by atomic mass is 16.5. The molecule has 0 saturated carbocycles. The average molecular weight is 288 g/mol. The Kier molecular flexibility index (Phi) is 5.81. The standard InChI is InChI=1S/C17H24N2O2/c1-19-13-14(15-8-3-4-9-16(15)19)7-5-10-17(20)18-11-6-12-21-2/h3-4,8-9,13H,5-7,10-12H2,1-2H3,(H,18,20). The predicted octanol–water partition coefficient (Wildman–Crippen LogP) is 2.65. The Morgan fingerprint density at radius 2 is 2.10 bits per heavy atom. The lowest BCUT2D eigenvalue weighted by Crippen LogP contribution is -2.24. The fraction of sp³-hybridized carbons (Fsp3) is 0.471. The molecule has 0 bridgehead atoms. The van der Waals surface area contributed by atoms with E-state index in [-0.39, 0.29) is 5.91 Å². The Labute approximate surface area is 126 Å². The van der Waals surface area contributed by atoms with E-state index in [2.05, 4.69) is 47.4 Å². The van der Waals surface area contributed by atoms with Crippen molar-refractivity contribution in [1.29, 1.82) is 0 Å². The second-order valence-corrected chi connectivity index (χ2v) is 5.33. The largest absolute Gasteiger partial charge is 0.385 e. The van der Waals surface area contributed by atoms with Crippen LogP contribution in [0.1, 0.15) is 24.8 Å². The summed E-state index contributed by atoms with van der Waals surface area (Å²) in [6.45, 7) is 1.39. The minimum Gasteiger partial charge on any atom is -0.385 e. The molecule has 1 amide bonds. The Morgan fingerprint density at radius 1 is 1.29 bits per heavy atom. The summed E-state index contributed by atoms with van der Waals surface area (Å²) in [4.78, 5) is 11.7. The molecule has 2 aromatic rings. The van der Waals surface area contributed by atoms with Gasteiger partial charge >= 0.3 is 0 Å². The maximum absolute atomic E-state index is 11.7. The van der Waals surface area contributed by atoms with Crippen LogP contribution < -0.4 is 5.32 Å². The summed E-state index contributed by atoms with van der Waals surface area (Å²) in [6, 6.07) is 8.39. The van der Waals surface area contributed by atoms with E-state index in [0.29, 0.717) is 19.6 Å². The zero-order valence-electron chi connectivity index (χ0n) is 12.9. The van der Waals surface area contributed by atoms with E-state index >= 15 is 0 Å². The van der Waals surface area contributed by atoms with E-state index < -0.39 is 0 Å². The number of ether oxygens (including phenoxy) is 1. The first kappa shape index (κ1) is 15.6. The van der Waals surface area contributed by atoms with Gasteiger partial charge in [0.05, 0.1) is 0 Å². The van der Waals surface area contributed by atoms with Crippen molar-refractivity contribution < 1.29 is 9.53 Å². The van der Waals surface area contributed by atoms with E-state index in [1.165, 1.54) is 16.5 Å². The molecule has 0 aliphatic heterocycles. The van der Waals surface area contributed by atoms with Crippen LogP contribution >= 0.6 is 0 Å². The summed E-state index contributed by atoms with van der Waals surface area (Å²) in [5.41, 5.74) is 2.57. The van der Waals surface area contributed by atoms with Crippen LogP contribution in [0.3, 0.4) is 0 Å². The maximum atomic E-state index is 11.7. The smallest absolute Gasteiger partial charge is 0.220 e. The molecule has 0 spiro atoms. The van der Waals surface area contributed by atoms with Gasteiger partial charge < -0.3 is 14.6 Å². The molecular formula is C17H24N2O2. The molecule has 1 aromatic heterocycles. The fourth-order valence-electron chi connectivity index (χ4n) is 2.60. The summed E-state index contributed by atoms with van der Waals surface area (Å²) < 4.78 is 7.10. The highest BCUT2D eigenvalue weighted by Gasteiger charge is 2.07. The highest BCUT2D eigenvalue weighted by molar-refractivity contribution is 5.84. The van der Waals surface area contributed by atoms with Crippen LogP contribution in [0.4, 0.5) is 0 Å². The highest BCUT2D eigenvalue weighted by Crippen LogP contribution is 2.21. The molecule has 0 aliphatic carbocycles. The lowest BCUT2D eigenvalue weighted by molar-refractivity contribution is -0.121. The average Bonchev–Trinajstić information content (AvgIpc) is 2.81. The lowest BCUT2D eigenvalue weighted by atomic mass is 10.1. The molecule has 114 valence electrons. The summed E-state index contributed by atoms with van der Waals surface area (Å²) in [6.07, 6.45) is 5.43. The van der Waals surface area contributed by atoms with Crippen molar-refractivity contribution in [3.05, 3.63) is 36.0 Å². The van der Waals surface area contributed by atoms with Gasteiger partial charge in [-0.1, -0.05) is 18.2 Å². The number of amides is 1. The first-order valence-electron chi connectivity index (χ1n) is 7.51. The zero-order chi connectivity index (χ0) is 15.1. The lowest BCUT2D eigenvalue weighted by Gasteiger charge is -2.04. The van der Waals surface area contributed by atoms with E-state index in [0.717, 1.165) is 19.3 Å². The third-order valence-electron chi connectivity index (χ3n) is 3.68. The molecule has 0 aliphatic rings. The van der Waals surface area contributed by atoms with E-state index in [4.69, 9.17) is 4.74 Å². The van der Waals surface area contributed by atoms with Gasteiger partial charge in [-0.25, -0.2) is 0 Å². The molecule has 4 nitrogen and oxygen atoms in total. The molecule has 0 atom stereocenters. The summed E-state index contributed by atoms with van der Waals surface area (Å²) in [5.74, 6) is 0.131. The molecule has 21 heavy (non-hydrogen) atoms. The molecule has 1 N–H and O–H groups in total. The Bertz CT molecular complexity index is 589. The van der Waals surface area contributed by atoms with Crippen LogP contribution in [0, 0.1) is 0 Å². The molecular weight excluding hydrogens is 264 g/mol. The van der Waals surface area contributed by atoms with Crippen LogP contribution in [0.5, 0.6) is 0 Å². The number of methoxy groups -OCH3 is 1. The zero-order valence-corrected chi connectivity index (χ0v) is 12.9. The molecule has 0 saturated heterocycles. The monoisotopic (exact) mass is 288 g/mol. The number of aryl methyl sites for hydroxylation is 2. The summed E-state index contributed by atoms with van der Waals surface area (Å²) in [7, 11) is 3.74. The summed E-state index contributed by atoms with van der Waals surface area (Å²) in [5, 5.41) is 4.21. The molecule has 0 fully saturated rings. The van der Waals surface area contributed by atoms with Crippen LogP contribution in [0.25, 0.3) is 10.9 Å². The van der Waals surface area contributed by atoms with Crippen LogP contribution in [-0.2, 0) is 23.0 Å². The maximum Gasteiger partial charge on any atom is 0.220 e. The van der Waals surface area contributed by atoms with Gasteiger partial charge in [-0.15, -0.1) is 0 Å². The Hall–Kier alpha value is -1.81. The number of fused-ring (bicyclic) bond motifs is 1. The third-order valence-corrected chi connectivity index (χ3v) is 3.68. The van der Waals surface area contributed by atoms with Crippen LogP contribution in [0.2, 0.25) is 0 Å². The molecule has 4 heteroatoms. The number of nitrogens with one attached hydrogen (secondary N) is 1. The first-order chi connectivity index (χ1) is 10.2. The van der Waals surface area contributed by atoms with Gasteiger partial charge in [0.2, 0.25) is 5.91 Å². The van der Waals surface area contributed by atoms with Crippen molar-refractivity contribution in [2.75, 3.05) is 20.3 Å². The van der Waals surface area contributed by atoms with Crippen LogP contribution in [-0.4, -0.2) is 30.7 Å². The van der Waals surface area contributed by atoms with Gasteiger partial charge in [0.25, 0.3) is 0 Å². The van der Waals surface area contributed by atoms with Crippen molar-refractivity contribution >= 4 is 16.8 Å². The number of hydrogen-bond acceptors (Lipinski definition) is 2. The van der Waals surface area contributed by atoms with E-state index in [1.807, 2.05) is 0 Å². The minimum atomic E-state index is 0.131. The van der Waals surface area contributed by atoms with Crippen molar-refractivity contribution in [1.82, 2.24) is 9.88 Å². The quantitative estimate of drug-likeness (QED) is 0.759. The number of rotatable bonds is 8. The number of aromatic nitrogens is 1. The predicted molar refractivity (Wildman–Crippen MR) is 85.4 cm³/mol. The second-order valence-electron chi connectivity index (χ2n) is 5.33. The SMILES string of the molecule is COCCCNC(=O)CCCc1cn(C)c2ccccc12. The fourth-order valence-corrected chi connectivity index (χ4v) is 2.60. The molecule has 0 radical (unpaired) electrons. The minimum absolute atomic E-state index is 0.131. The number of para-hydroxylation sites is 1. The van der Waals surface area contributed by atoms with Crippen molar-refractivity contribution in [3.8, 4) is 0 Å². The Morgan fingerprint density at radius 3 is 2.90 bits per heavy atom. The molecule has 2 rings (SSSR count). The molecule has 0 unspecified atom stereocenters. The van der Waals surface area contributed by atoms with Gasteiger partial charge in [0.1, 0.15) is 0 Å². The van der Waals surface area contributed by atoms with Gasteiger partial charge in [-0.3, -0.25) is 4.79 Å². The molecule has 1 heterocycles. The number of carbonyl (C=O) groups excluding carboxylic acids is 1. The number of carbonyl (C=O) groups is 1. The molecule has 1 aromatic carbocycles. The summed E-state index contributed by atoms with van der Waals surface area (Å²) >= 11 is 0. The number of hydrogen-bond donors (Lipinski definition) is 1. The van der Waals surface area contributed by atoms with E-state index in [1.54, 1.807) is 7.11 Å². The third kappa shape index (κ3) is 4.33.